The Morgan fingerprint density at radius 1 is 1.03 bits per heavy atom. The van der Waals surface area contributed by atoms with Crippen molar-refractivity contribution in [3.05, 3.63) is 71.9 Å². The van der Waals surface area contributed by atoms with Gasteiger partial charge in [0.05, 0.1) is 27.2 Å². The molecule has 158 valence electrons. The fraction of sp³-hybridized carbons (Fsp3) is 0.136. The lowest BCUT2D eigenvalue weighted by Gasteiger charge is -2.12. The summed E-state index contributed by atoms with van der Waals surface area (Å²) >= 11 is 0. The molecule has 0 aliphatic heterocycles. The summed E-state index contributed by atoms with van der Waals surface area (Å²) in [6.45, 7) is 1.74. The van der Waals surface area contributed by atoms with E-state index in [0.717, 1.165) is 9.87 Å². The maximum Gasteiger partial charge on any atom is 0.259 e. The summed E-state index contributed by atoms with van der Waals surface area (Å²) in [6, 6.07) is 17.1. The zero-order chi connectivity index (χ0) is 22.2. The van der Waals surface area contributed by atoms with Gasteiger partial charge in [0.15, 0.2) is 0 Å². The topological polar surface area (TPSA) is 105 Å². The highest BCUT2D eigenvalue weighted by Crippen LogP contribution is 2.28. The molecule has 0 spiro atoms. The molecule has 1 amide bonds. The number of aryl methyl sites for hydroxylation is 1. The Hall–Kier alpha value is -3.56. The molecular weight excluding hydrogens is 416 g/mol. The van der Waals surface area contributed by atoms with Crippen LogP contribution < -0.4 is 5.32 Å². The maximum absolute atomic E-state index is 13.1. The number of amides is 1. The molecule has 0 unspecified atom stereocenters. The summed E-state index contributed by atoms with van der Waals surface area (Å²) in [6.07, 6.45) is 0. The highest BCUT2D eigenvalue weighted by Gasteiger charge is 2.20. The number of carbonyl (C=O) groups is 1. The van der Waals surface area contributed by atoms with Crippen molar-refractivity contribution in [2.24, 2.45) is 0 Å². The van der Waals surface area contributed by atoms with Crippen LogP contribution in [0, 0.1) is 6.92 Å². The van der Waals surface area contributed by atoms with E-state index < -0.39 is 10.0 Å². The van der Waals surface area contributed by atoms with Crippen LogP contribution in [0.4, 0.5) is 5.69 Å². The molecule has 0 bridgehead atoms. The Kier molecular flexibility index (Phi) is 5.30. The van der Waals surface area contributed by atoms with E-state index in [1.54, 1.807) is 25.1 Å². The molecule has 9 heteroatoms. The van der Waals surface area contributed by atoms with Crippen molar-refractivity contribution >= 4 is 32.7 Å². The smallest absolute Gasteiger partial charge is 0.259 e. The van der Waals surface area contributed by atoms with Crippen LogP contribution in [0.15, 0.2) is 70.1 Å². The largest absolute Gasteiger partial charge is 0.335 e. The molecule has 0 aliphatic rings. The van der Waals surface area contributed by atoms with Crippen LogP contribution in [-0.4, -0.2) is 42.9 Å². The summed E-state index contributed by atoms with van der Waals surface area (Å²) < 4.78 is 30.9. The number of rotatable bonds is 5. The third-order valence-electron chi connectivity index (χ3n) is 4.82. The van der Waals surface area contributed by atoms with Crippen molar-refractivity contribution in [3.63, 3.8) is 0 Å². The van der Waals surface area contributed by atoms with Crippen molar-refractivity contribution in [1.82, 2.24) is 14.4 Å². The Labute approximate surface area is 179 Å². The summed E-state index contributed by atoms with van der Waals surface area (Å²) in [7, 11) is -0.619. The normalized spacial score (nSPS) is 11.7. The number of carbonyl (C=O) groups excluding carboxylic acids is 1. The van der Waals surface area contributed by atoms with Crippen molar-refractivity contribution in [2.75, 3.05) is 19.4 Å². The van der Waals surface area contributed by atoms with Gasteiger partial charge in [-0.1, -0.05) is 35.5 Å². The fourth-order valence-corrected chi connectivity index (χ4v) is 4.05. The van der Waals surface area contributed by atoms with Gasteiger partial charge >= 0.3 is 0 Å². The van der Waals surface area contributed by atoms with E-state index >= 15 is 0 Å². The van der Waals surface area contributed by atoms with Gasteiger partial charge in [0.1, 0.15) is 0 Å². The molecule has 1 N–H and O–H groups in total. The lowest BCUT2D eigenvalue weighted by molar-refractivity contribution is 0.102. The van der Waals surface area contributed by atoms with E-state index in [0.29, 0.717) is 28.0 Å². The summed E-state index contributed by atoms with van der Waals surface area (Å²) in [4.78, 5) is 17.7. The number of fused-ring (bicyclic) bond motifs is 1. The third-order valence-corrected chi connectivity index (χ3v) is 6.65. The Bertz CT molecular complexity index is 1360. The number of hydrogen-bond donors (Lipinski definition) is 1. The molecule has 2 heterocycles. The van der Waals surface area contributed by atoms with Crippen LogP contribution in [0.5, 0.6) is 0 Å². The molecule has 2 aromatic carbocycles. The number of aromatic nitrogens is 2. The quantitative estimate of drug-likeness (QED) is 0.511. The first-order valence-electron chi connectivity index (χ1n) is 9.44. The van der Waals surface area contributed by atoms with Gasteiger partial charge in [0.25, 0.3) is 11.6 Å². The van der Waals surface area contributed by atoms with Crippen LogP contribution in [-0.2, 0) is 10.0 Å². The second-order valence-electron chi connectivity index (χ2n) is 7.14. The first-order valence-corrected chi connectivity index (χ1v) is 10.9. The van der Waals surface area contributed by atoms with Gasteiger partial charge < -0.3 is 9.84 Å². The number of sulfonamides is 1. The van der Waals surface area contributed by atoms with Crippen LogP contribution >= 0.6 is 0 Å². The average Bonchev–Trinajstić information content (AvgIpc) is 3.14. The molecule has 4 rings (SSSR count). The van der Waals surface area contributed by atoms with Gasteiger partial charge in [-0.15, -0.1) is 0 Å². The van der Waals surface area contributed by atoms with Gasteiger partial charge in [0, 0.05) is 25.3 Å². The molecule has 8 nitrogen and oxygen atoms in total. The van der Waals surface area contributed by atoms with E-state index in [9.17, 15) is 13.2 Å². The lowest BCUT2D eigenvalue weighted by atomic mass is 10.1. The maximum atomic E-state index is 13.1. The molecule has 2 aromatic heterocycles. The monoisotopic (exact) mass is 436 g/mol. The Morgan fingerprint density at radius 3 is 2.35 bits per heavy atom. The van der Waals surface area contributed by atoms with E-state index in [1.165, 1.54) is 26.2 Å². The van der Waals surface area contributed by atoms with Crippen LogP contribution in [0.3, 0.4) is 0 Å². The highest BCUT2D eigenvalue weighted by molar-refractivity contribution is 7.89. The van der Waals surface area contributed by atoms with Gasteiger partial charge in [-0.25, -0.2) is 17.7 Å². The minimum Gasteiger partial charge on any atom is -0.335 e. The predicted molar refractivity (Wildman–Crippen MR) is 117 cm³/mol. The third kappa shape index (κ3) is 3.92. The van der Waals surface area contributed by atoms with Crippen LogP contribution in [0.1, 0.15) is 16.1 Å². The standard InChI is InChI=1S/C22H20N4O4S/c1-14-20-18(13-19(24-22(20)30-25-14)15-7-5-4-6-8-15)21(27)23-16-9-11-17(12-10-16)31(28,29)26(2)3/h4-13H,1-3H3,(H,23,27). The molecule has 31 heavy (non-hydrogen) atoms. The van der Waals surface area contributed by atoms with Crippen LogP contribution in [0.2, 0.25) is 0 Å². The van der Waals surface area contributed by atoms with Gasteiger partial charge in [-0.3, -0.25) is 4.79 Å². The van der Waals surface area contributed by atoms with Crippen molar-refractivity contribution < 1.29 is 17.7 Å². The van der Waals surface area contributed by atoms with Crippen molar-refractivity contribution in [3.8, 4) is 11.3 Å². The first kappa shape index (κ1) is 20.7. The zero-order valence-corrected chi connectivity index (χ0v) is 18.0. The van der Waals surface area contributed by atoms with E-state index in [4.69, 9.17) is 4.52 Å². The van der Waals surface area contributed by atoms with Crippen LogP contribution in [0.25, 0.3) is 22.4 Å². The van der Waals surface area contributed by atoms with Gasteiger partial charge in [-0.2, -0.15) is 0 Å². The molecule has 4 aromatic rings. The predicted octanol–water partition coefficient (Wildman–Crippen LogP) is 3.70. The first-order chi connectivity index (χ1) is 14.8. The minimum absolute atomic E-state index is 0.142. The second-order valence-corrected chi connectivity index (χ2v) is 9.29. The molecule has 0 aliphatic carbocycles. The number of pyridine rings is 1. The number of nitrogens with zero attached hydrogens (tertiary/aromatic N) is 3. The highest BCUT2D eigenvalue weighted by atomic mass is 32.2. The molecule has 0 saturated heterocycles. The number of hydrogen-bond acceptors (Lipinski definition) is 6. The number of anilines is 1. The average molecular weight is 436 g/mol. The number of nitrogens with one attached hydrogen (secondary N) is 1. The van der Waals surface area contributed by atoms with Gasteiger partial charge in [-0.05, 0) is 37.3 Å². The fourth-order valence-electron chi connectivity index (χ4n) is 3.15. The Morgan fingerprint density at radius 2 is 1.71 bits per heavy atom. The Balaban J connectivity index is 1.70. The second kappa shape index (κ2) is 7.93. The summed E-state index contributed by atoms with van der Waals surface area (Å²) in [5.74, 6) is -0.376. The van der Waals surface area contributed by atoms with Gasteiger partial charge in [0.2, 0.25) is 10.0 Å². The minimum atomic E-state index is -3.55. The SMILES string of the molecule is Cc1noc2nc(-c3ccccc3)cc(C(=O)Nc3ccc(S(=O)(=O)N(C)C)cc3)c12. The summed E-state index contributed by atoms with van der Waals surface area (Å²) in [5.41, 5.74) is 3.08. The van der Waals surface area contributed by atoms with E-state index in [2.05, 4.69) is 15.5 Å². The van der Waals surface area contributed by atoms with E-state index in [1.807, 2.05) is 30.3 Å². The lowest BCUT2D eigenvalue weighted by Crippen LogP contribution is -2.22. The zero-order valence-electron chi connectivity index (χ0n) is 17.2. The molecule has 0 radical (unpaired) electrons. The molecule has 0 saturated carbocycles. The number of benzene rings is 2. The molecular formula is C22H20N4O4S. The van der Waals surface area contributed by atoms with Crippen molar-refractivity contribution in [1.29, 1.82) is 0 Å². The molecule has 0 fully saturated rings. The molecule has 0 atom stereocenters. The summed E-state index contributed by atoms with van der Waals surface area (Å²) in [5, 5.41) is 7.29. The van der Waals surface area contributed by atoms with E-state index in [-0.39, 0.29) is 16.5 Å². The van der Waals surface area contributed by atoms with Crippen molar-refractivity contribution in [2.45, 2.75) is 11.8 Å².